The first-order valence-corrected chi connectivity index (χ1v) is 12.6. The molecule has 5 nitrogen and oxygen atoms in total. The number of unbranched alkanes of at least 4 members (excludes halogenated alkanes) is 5. The summed E-state index contributed by atoms with van der Waals surface area (Å²) in [6.45, 7) is 5.42. The molecule has 0 spiro atoms. The van der Waals surface area contributed by atoms with Gasteiger partial charge in [-0.2, -0.15) is 0 Å². The van der Waals surface area contributed by atoms with E-state index >= 15 is 0 Å². The number of carbonyl (C=O) groups is 1. The van der Waals surface area contributed by atoms with Gasteiger partial charge in [0.1, 0.15) is 5.82 Å². The van der Waals surface area contributed by atoms with Crippen LogP contribution >= 0.6 is 0 Å². The van der Waals surface area contributed by atoms with E-state index in [0.29, 0.717) is 6.07 Å². The third-order valence-electron chi connectivity index (χ3n) is 6.50. The van der Waals surface area contributed by atoms with Gasteiger partial charge in [-0.3, -0.25) is 0 Å². The Hall–Kier alpha value is -1.73. The van der Waals surface area contributed by atoms with Crippen molar-refractivity contribution in [1.82, 2.24) is 9.80 Å². The smallest absolute Gasteiger partial charge is 0.407 e. The summed E-state index contributed by atoms with van der Waals surface area (Å²) < 4.78 is 37.9. The maximum Gasteiger partial charge on any atom is 0.415 e. The van der Waals surface area contributed by atoms with Gasteiger partial charge in [0.15, 0.2) is 11.6 Å². The van der Waals surface area contributed by atoms with Crippen LogP contribution in [0.25, 0.3) is 0 Å². The molecule has 7 heteroatoms. The average molecular weight is 469 g/mol. The van der Waals surface area contributed by atoms with Crippen LogP contribution in [0.2, 0.25) is 0 Å². The molecule has 1 aliphatic rings. The maximum atomic E-state index is 13.7. The number of hydrogen-bond acceptors (Lipinski definition) is 4. The number of hydrogen-bond donors (Lipinski definition) is 0. The minimum Gasteiger partial charge on any atom is -0.407 e. The van der Waals surface area contributed by atoms with E-state index in [1.165, 1.54) is 56.5 Å². The molecule has 0 N–H and O–H groups in total. The Morgan fingerprint density at radius 1 is 0.970 bits per heavy atom. The van der Waals surface area contributed by atoms with Crippen molar-refractivity contribution in [2.75, 3.05) is 33.8 Å². The first-order chi connectivity index (χ1) is 15.9. The number of carbonyl (C=O) groups excluding carboxylic acids is 1. The van der Waals surface area contributed by atoms with E-state index in [2.05, 4.69) is 18.9 Å². The predicted molar refractivity (Wildman–Crippen MR) is 128 cm³/mol. The molecule has 0 bridgehead atoms. The van der Waals surface area contributed by atoms with Crippen molar-refractivity contribution in [3.8, 4) is 5.75 Å². The lowest BCUT2D eigenvalue weighted by molar-refractivity contribution is 0.0104. The molecule has 0 saturated heterocycles. The van der Waals surface area contributed by atoms with E-state index in [4.69, 9.17) is 9.47 Å². The molecule has 0 radical (unpaired) electrons. The zero-order valence-electron chi connectivity index (χ0n) is 20.7. The summed E-state index contributed by atoms with van der Waals surface area (Å²) in [7, 11) is 3.88. The van der Waals surface area contributed by atoms with E-state index in [9.17, 15) is 13.6 Å². The zero-order valence-corrected chi connectivity index (χ0v) is 20.7. The van der Waals surface area contributed by atoms with Gasteiger partial charge in [0.25, 0.3) is 0 Å². The van der Waals surface area contributed by atoms with Crippen LogP contribution in [-0.4, -0.2) is 61.8 Å². The third-order valence-corrected chi connectivity index (χ3v) is 6.50. The minimum absolute atomic E-state index is 0.0372. The Kier molecular flexibility index (Phi) is 12.7. The van der Waals surface area contributed by atoms with Gasteiger partial charge in [-0.05, 0) is 77.2 Å². The van der Waals surface area contributed by atoms with Crippen molar-refractivity contribution >= 4 is 6.09 Å². The highest BCUT2D eigenvalue weighted by Crippen LogP contribution is 2.26. The van der Waals surface area contributed by atoms with Gasteiger partial charge in [0.2, 0.25) is 0 Å². The SMILES string of the molecule is CCCCCN(C)CCCCCCO[C@H]1CC[C@H](N(C)C(=O)Oc2ccc(F)cc2F)CC1. The van der Waals surface area contributed by atoms with E-state index in [0.717, 1.165) is 50.8 Å². The van der Waals surface area contributed by atoms with Crippen molar-refractivity contribution in [3.05, 3.63) is 29.8 Å². The van der Waals surface area contributed by atoms with Gasteiger partial charge in [-0.25, -0.2) is 13.6 Å². The highest BCUT2D eigenvalue weighted by Gasteiger charge is 2.28. The third kappa shape index (κ3) is 10.4. The molecule has 1 aliphatic carbocycles. The Morgan fingerprint density at radius 3 is 2.30 bits per heavy atom. The number of nitrogens with zero attached hydrogens (tertiary/aromatic N) is 2. The fourth-order valence-corrected chi connectivity index (χ4v) is 4.30. The van der Waals surface area contributed by atoms with E-state index in [1.807, 2.05) is 0 Å². The van der Waals surface area contributed by atoms with Gasteiger partial charge >= 0.3 is 6.09 Å². The summed E-state index contributed by atoms with van der Waals surface area (Å²) in [6.07, 6.45) is 11.7. The molecule has 2 rings (SSSR count). The van der Waals surface area contributed by atoms with E-state index < -0.39 is 17.7 Å². The van der Waals surface area contributed by atoms with E-state index in [1.54, 1.807) is 7.05 Å². The van der Waals surface area contributed by atoms with Crippen molar-refractivity contribution in [3.63, 3.8) is 0 Å². The lowest BCUT2D eigenvalue weighted by atomic mass is 9.92. The van der Waals surface area contributed by atoms with Crippen molar-refractivity contribution in [2.24, 2.45) is 0 Å². The van der Waals surface area contributed by atoms with Gasteiger partial charge in [-0.1, -0.05) is 32.6 Å². The van der Waals surface area contributed by atoms with Crippen LogP contribution < -0.4 is 4.74 Å². The van der Waals surface area contributed by atoms with E-state index in [-0.39, 0.29) is 17.9 Å². The van der Waals surface area contributed by atoms with Gasteiger partial charge in [0, 0.05) is 25.8 Å². The van der Waals surface area contributed by atoms with Crippen LogP contribution in [-0.2, 0) is 4.74 Å². The fourth-order valence-electron chi connectivity index (χ4n) is 4.30. The molecule has 1 amide bonds. The standard InChI is InChI=1S/C26H42F2N2O3/c1-4-5-8-17-29(2)18-9-6-7-10-19-32-23-14-12-22(13-15-23)30(3)26(31)33-25-16-11-21(27)20-24(25)28/h11,16,20,22-23H,4-10,12-15,17-19H2,1-3H3/t22-,23-. The van der Waals surface area contributed by atoms with Crippen LogP contribution in [0.5, 0.6) is 5.75 Å². The number of amides is 1. The predicted octanol–water partition coefficient (Wildman–Crippen LogP) is 6.41. The highest BCUT2D eigenvalue weighted by atomic mass is 19.1. The second kappa shape index (κ2) is 15.2. The first kappa shape index (κ1) is 27.5. The fraction of sp³-hybridized carbons (Fsp3) is 0.731. The van der Waals surface area contributed by atoms with Crippen LogP contribution in [0.4, 0.5) is 13.6 Å². The topological polar surface area (TPSA) is 42.0 Å². The average Bonchev–Trinajstić information content (AvgIpc) is 2.80. The number of halogens is 2. The molecule has 33 heavy (non-hydrogen) atoms. The summed E-state index contributed by atoms with van der Waals surface area (Å²) in [6, 6.07) is 2.95. The number of rotatable bonds is 14. The van der Waals surface area contributed by atoms with Crippen LogP contribution in [0, 0.1) is 11.6 Å². The lowest BCUT2D eigenvalue weighted by Gasteiger charge is -2.34. The molecule has 0 aliphatic heterocycles. The minimum atomic E-state index is -0.882. The summed E-state index contributed by atoms with van der Waals surface area (Å²) >= 11 is 0. The van der Waals surface area contributed by atoms with Gasteiger partial charge in [-0.15, -0.1) is 0 Å². The number of ether oxygens (including phenoxy) is 2. The normalized spacial score (nSPS) is 18.5. The van der Waals surface area contributed by atoms with Crippen molar-refractivity contribution < 1.29 is 23.0 Å². The molecule has 1 aromatic carbocycles. The molecular weight excluding hydrogens is 426 g/mol. The largest absolute Gasteiger partial charge is 0.415 e. The lowest BCUT2D eigenvalue weighted by Crippen LogP contribution is -2.42. The van der Waals surface area contributed by atoms with Crippen molar-refractivity contribution in [1.29, 1.82) is 0 Å². The van der Waals surface area contributed by atoms with Crippen LogP contribution in [0.3, 0.4) is 0 Å². The van der Waals surface area contributed by atoms with Gasteiger partial charge in [0.05, 0.1) is 6.10 Å². The molecule has 1 aromatic rings. The molecule has 1 saturated carbocycles. The first-order valence-electron chi connectivity index (χ1n) is 12.6. The molecule has 188 valence electrons. The summed E-state index contributed by atoms with van der Waals surface area (Å²) in [5.41, 5.74) is 0. The second-order valence-corrected chi connectivity index (χ2v) is 9.28. The van der Waals surface area contributed by atoms with Gasteiger partial charge < -0.3 is 19.3 Å². The molecule has 0 heterocycles. The second-order valence-electron chi connectivity index (χ2n) is 9.28. The quantitative estimate of drug-likeness (QED) is 0.296. The Morgan fingerprint density at radius 2 is 1.64 bits per heavy atom. The summed E-state index contributed by atoms with van der Waals surface area (Å²) in [4.78, 5) is 16.3. The number of benzene rings is 1. The summed E-state index contributed by atoms with van der Waals surface area (Å²) in [5.74, 6) is -1.84. The molecule has 0 unspecified atom stereocenters. The van der Waals surface area contributed by atoms with Crippen LogP contribution in [0.15, 0.2) is 18.2 Å². The summed E-state index contributed by atoms with van der Waals surface area (Å²) in [5, 5.41) is 0. The Bertz CT molecular complexity index is 696. The monoisotopic (exact) mass is 468 g/mol. The molecule has 1 fully saturated rings. The molecule has 0 atom stereocenters. The molecule has 0 aromatic heterocycles. The van der Waals surface area contributed by atoms with Crippen LogP contribution in [0.1, 0.15) is 77.6 Å². The zero-order chi connectivity index (χ0) is 24.1. The Balaban J connectivity index is 1.54. The van der Waals surface area contributed by atoms with Crippen molar-refractivity contribution in [2.45, 2.75) is 89.7 Å². The highest BCUT2D eigenvalue weighted by molar-refractivity contribution is 5.70. The Labute approximate surface area is 198 Å². The maximum absolute atomic E-state index is 13.7. The molecular formula is C26H42F2N2O3.